The van der Waals surface area contributed by atoms with Crippen LogP contribution in [0.2, 0.25) is 0 Å². The second-order valence-corrected chi connectivity index (χ2v) is 7.25. The molecule has 0 aliphatic rings. The van der Waals surface area contributed by atoms with E-state index in [1.54, 1.807) is 11.3 Å². The second kappa shape index (κ2) is 6.01. The van der Waals surface area contributed by atoms with Crippen LogP contribution in [-0.4, -0.2) is 16.5 Å². The van der Waals surface area contributed by atoms with Crippen molar-refractivity contribution < 1.29 is 0 Å². The Balaban J connectivity index is 2.02. The maximum absolute atomic E-state index is 4.57. The van der Waals surface area contributed by atoms with Gasteiger partial charge in [-0.05, 0) is 33.8 Å². The highest BCUT2D eigenvalue weighted by atomic mass is 79.9. The lowest BCUT2D eigenvalue weighted by Gasteiger charge is -2.17. The first kappa shape index (κ1) is 14.5. The van der Waals surface area contributed by atoms with Crippen LogP contribution < -0.4 is 5.32 Å². The van der Waals surface area contributed by atoms with Gasteiger partial charge >= 0.3 is 0 Å². The first-order valence-electron chi connectivity index (χ1n) is 6.26. The summed E-state index contributed by atoms with van der Waals surface area (Å²) in [6.07, 6.45) is 1.02. The average molecular weight is 340 g/mol. The van der Waals surface area contributed by atoms with Crippen molar-refractivity contribution in [3.8, 4) is 0 Å². The van der Waals surface area contributed by atoms with Crippen LogP contribution in [0.1, 0.15) is 31.5 Å². The van der Waals surface area contributed by atoms with Gasteiger partial charge in [0, 0.05) is 22.9 Å². The predicted octanol–water partition coefficient (Wildman–Crippen LogP) is 4.25. The minimum absolute atomic E-state index is 0.0477. The number of halogens is 1. The van der Waals surface area contributed by atoms with Gasteiger partial charge in [-0.25, -0.2) is 9.97 Å². The summed E-state index contributed by atoms with van der Waals surface area (Å²) < 4.78 is 0.825. The molecule has 0 saturated carbocycles. The first-order chi connectivity index (χ1) is 8.95. The molecule has 0 amide bonds. The highest BCUT2D eigenvalue weighted by Crippen LogP contribution is 2.22. The number of aromatic nitrogens is 2. The van der Waals surface area contributed by atoms with E-state index in [1.165, 1.54) is 4.88 Å². The fraction of sp³-hybridized carbons (Fsp3) is 0.429. The maximum Gasteiger partial charge on any atom is 0.137 e. The Kier molecular flexibility index (Phi) is 4.58. The topological polar surface area (TPSA) is 37.8 Å². The number of anilines is 1. The van der Waals surface area contributed by atoms with E-state index in [0.29, 0.717) is 0 Å². The van der Waals surface area contributed by atoms with Gasteiger partial charge in [0.15, 0.2) is 0 Å². The van der Waals surface area contributed by atoms with Crippen molar-refractivity contribution in [1.29, 1.82) is 0 Å². The fourth-order valence-electron chi connectivity index (χ4n) is 1.61. The van der Waals surface area contributed by atoms with E-state index in [9.17, 15) is 0 Å². The van der Waals surface area contributed by atoms with Gasteiger partial charge in [0.1, 0.15) is 16.2 Å². The molecule has 102 valence electrons. The third-order valence-electron chi connectivity index (χ3n) is 2.62. The molecule has 0 fully saturated rings. The van der Waals surface area contributed by atoms with Crippen LogP contribution in [-0.2, 0) is 11.8 Å². The molecule has 0 aliphatic heterocycles. The predicted molar refractivity (Wildman–Crippen MR) is 84.9 cm³/mol. The Labute approximate surface area is 126 Å². The smallest absolute Gasteiger partial charge is 0.137 e. The monoisotopic (exact) mass is 339 g/mol. The number of hydrogen-bond donors (Lipinski definition) is 1. The molecular formula is C14H18BrN3S. The van der Waals surface area contributed by atoms with E-state index < -0.39 is 0 Å². The van der Waals surface area contributed by atoms with E-state index in [2.05, 4.69) is 69.5 Å². The summed E-state index contributed by atoms with van der Waals surface area (Å²) >= 11 is 5.23. The third-order valence-corrected chi connectivity index (χ3v) is 3.97. The van der Waals surface area contributed by atoms with Crippen molar-refractivity contribution in [2.75, 3.05) is 11.9 Å². The molecule has 2 aromatic rings. The van der Waals surface area contributed by atoms with E-state index in [4.69, 9.17) is 0 Å². The molecule has 5 heteroatoms. The van der Waals surface area contributed by atoms with Crippen molar-refractivity contribution in [1.82, 2.24) is 9.97 Å². The Morgan fingerprint density at radius 1 is 1.32 bits per heavy atom. The summed E-state index contributed by atoms with van der Waals surface area (Å²) in [4.78, 5) is 10.4. The Morgan fingerprint density at radius 3 is 2.74 bits per heavy atom. The molecule has 0 saturated heterocycles. The SMILES string of the molecule is CC(C)(C)c1nc(Br)cc(NCCc2cccs2)n1. The van der Waals surface area contributed by atoms with Gasteiger partial charge in [0.2, 0.25) is 0 Å². The molecule has 19 heavy (non-hydrogen) atoms. The molecule has 0 unspecified atom stereocenters. The van der Waals surface area contributed by atoms with Crippen molar-refractivity contribution >= 4 is 33.1 Å². The van der Waals surface area contributed by atoms with Crippen LogP contribution in [0.25, 0.3) is 0 Å². The normalized spacial score (nSPS) is 11.6. The van der Waals surface area contributed by atoms with Gasteiger partial charge in [-0.3, -0.25) is 0 Å². The van der Waals surface area contributed by atoms with Gasteiger partial charge in [0.25, 0.3) is 0 Å². The zero-order valence-electron chi connectivity index (χ0n) is 11.4. The Hall–Kier alpha value is -0.940. The lowest BCUT2D eigenvalue weighted by Crippen LogP contribution is -2.17. The molecule has 3 nitrogen and oxygen atoms in total. The number of rotatable bonds is 4. The van der Waals surface area contributed by atoms with E-state index in [-0.39, 0.29) is 5.41 Å². The minimum atomic E-state index is -0.0477. The molecule has 2 rings (SSSR count). The lowest BCUT2D eigenvalue weighted by molar-refractivity contribution is 0.544. The van der Waals surface area contributed by atoms with Crippen LogP contribution in [0.3, 0.4) is 0 Å². The zero-order chi connectivity index (χ0) is 13.9. The summed E-state index contributed by atoms with van der Waals surface area (Å²) in [5.74, 6) is 1.73. The molecule has 2 heterocycles. The third kappa shape index (κ3) is 4.28. The molecule has 1 N–H and O–H groups in total. The second-order valence-electron chi connectivity index (χ2n) is 5.41. The van der Waals surface area contributed by atoms with Gasteiger partial charge in [-0.2, -0.15) is 0 Å². The average Bonchev–Trinajstić information content (AvgIpc) is 2.80. The van der Waals surface area contributed by atoms with Gasteiger partial charge in [-0.1, -0.05) is 26.8 Å². The number of thiophene rings is 1. The molecule has 0 atom stereocenters. The van der Waals surface area contributed by atoms with Gasteiger partial charge in [0.05, 0.1) is 0 Å². The van der Waals surface area contributed by atoms with Crippen molar-refractivity contribution in [3.05, 3.63) is 38.9 Å². The molecule has 0 aliphatic carbocycles. The molecule has 0 radical (unpaired) electrons. The van der Waals surface area contributed by atoms with Gasteiger partial charge in [-0.15, -0.1) is 11.3 Å². The van der Waals surface area contributed by atoms with Gasteiger partial charge < -0.3 is 5.32 Å². The van der Waals surface area contributed by atoms with Crippen LogP contribution >= 0.6 is 27.3 Å². The van der Waals surface area contributed by atoms with E-state index in [0.717, 1.165) is 29.2 Å². The summed E-state index contributed by atoms with van der Waals surface area (Å²) in [5, 5.41) is 5.47. The highest BCUT2D eigenvalue weighted by Gasteiger charge is 2.18. The fourth-order valence-corrected chi connectivity index (χ4v) is 2.71. The maximum atomic E-state index is 4.57. The molecular weight excluding hydrogens is 322 g/mol. The molecule has 0 bridgehead atoms. The Bertz CT molecular complexity index is 532. The quantitative estimate of drug-likeness (QED) is 0.846. The highest BCUT2D eigenvalue weighted by molar-refractivity contribution is 9.10. The van der Waals surface area contributed by atoms with Crippen LogP contribution in [0, 0.1) is 0 Å². The standard InChI is InChI=1S/C14H18BrN3S/c1-14(2,3)13-17-11(15)9-12(18-13)16-7-6-10-5-4-8-19-10/h4-5,8-9H,6-7H2,1-3H3,(H,16,17,18). The van der Waals surface area contributed by atoms with E-state index in [1.807, 2.05) is 6.07 Å². The summed E-state index contributed by atoms with van der Waals surface area (Å²) in [6, 6.07) is 6.16. The zero-order valence-corrected chi connectivity index (χ0v) is 13.8. The minimum Gasteiger partial charge on any atom is -0.370 e. The first-order valence-corrected chi connectivity index (χ1v) is 7.94. The summed E-state index contributed by atoms with van der Waals surface area (Å²) in [5.41, 5.74) is -0.0477. The number of nitrogens with zero attached hydrogens (tertiary/aromatic N) is 2. The summed E-state index contributed by atoms with van der Waals surface area (Å²) in [7, 11) is 0. The van der Waals surface area contributed by atoms with Crippen molar-refractivity contribution in [2.24, 2.45) is 0 Å². The van der Waals surface area contributed by atoms with Crippen LogP contribution in [0.4, 0.5) is 5.82 Å². The number of hydrogen-bond acceptors (Lipinski definition) is 4. The van der Waals surface area contributed by atoms with Crippen molar-refractivity contribution in [2.45, 2.75) is 32.6 Å². The molecule has 0 aromatic carbocycles. The van der Waals surface area contributed by atoms with E-state index >= 15 is 0 Å². The molecule has 0 spiro atoms. The van der Waals surface area contributed by atoms with Crippen LogP contribution in [0.15, 0.2) is 28.2 Å². The largest absolute Gasteiger partial charge is 0.370 e. The lowest BCUT2D eigenvalue weighted by atomic mass is 9.96. The van der Waals surface area contributed by atoms with Crippen molar-refractivity contribution in [3.63, 3.8) is 0 Å². The van der Waals surface area contributed by atoms with Crippen LogP contribution in [0.5, 0.6) is 0 Å². The Morgan fingerprint density at radius 2 is 2.11 bits per heavy atom. The molecule has 2 aromatic heterocycles. The number of nitrogens with one attached hydrogen (secondary N) is 1. The summed E-state index contributed by atoms with van der Waals surface area (Å²) in [6.45, 7) is 7.23.